The lowest BCUT2D eigenvalue weighted by atomic mass is 10.2. The largest absolute Gasteiger partial charge is 0.285 e. The van der Waals surface area contributed by atoms with Crippen molar-refractivity contribution in [3.63, 3.8) is 0 Å². The van der Waals surface area contributed by atoms with Crippen LogP contribution in [0.4, 0.5) is 0 Å². The molecule has 2 aromatic carbocycles. The van der Waals surface area contributed by atoms with Crippen LogP contribution in [-0.4, -0.2) is 32.5 Å². The lowest BCUT2D eigenvalue weighted by molar-refractivity contribution is 0.549. The Morgan fingerprint density at radius 3 is 2.48 bits per heavy atom. The summed E-state index contributed by atoms with van der Waals surface area (Å²) in [6.07, 6.45) is 1.66. The number of hydrogen-bond acceptors (Lipinski definition) is 4. The van der Waals surface area contributed by atoms with E-state index in [1.165, 1.54) is 5.01 Å². The molecule has 106 valence electrons. The molecule has 0 saturated heterocycles. The Labute approximate surface area is 123 Å². The number of hydrogen-bond donors (Lipinski definition) is 0. The molecular formula is C15H13N3O2S. The van der Waals surface area contributed by atoms with Gasteiger partial charge in [-0.2, -0.15) is 13.5 Å². The van der Waals surface area contributed by atoms with Crippen LogP contribution in [0.5, 0.6) is 0 Å². The number of rotatable bonds is 2. The quantitative estimate of drug-likeness (QED) is 0.630. The zero-order valence-corrected chi connectivity index (χ0v) is 12.2. The van der Waals surface area contributed by atoms with E-state index in [1.54, 1.807) is 37.5 Å². The maximum atomic E-state index is 12.0. The number of nitrogens with zero attached hydrogens (tertiary/aromatic N) is 3. The maximum absolute atomic E-state index is 12.0. The van der Waals surface area contributed by atoms with Crippen LogP contribution in [0.15, 0.2) is 69.0 Å². The van der Waals surface area contributed by atoms with Crippen molar-refractivity contribution in [2.75, 3.05) is 7.05 Å². The Morgan fingerprint density at radius 2 is 1.71 bits per heavy atom. The van der Waals surface area contributed by atoms with Gasteiger partial charge in [0.1, 0.15) is 4.90 Å². The first-order chi connectivity index (χ1) is 10.1. The van der Waals surface area contributed by atoms with Crippen molar-refractivity contribution >= 4 is 22.1 Å². The van der Waals surface area contributed by atoms with Gasteiger partial charge in [0.15, 0.2) is 5.84 Å². The maximum Gasteiger partial charge on any atom is 0.285 e. The third-order valence-corrected chi connectivity index (χ3v) is 4.42. The second-order valence-electron chi connectivity index (χ2n) is 4.56. The molecule has 1 heterocycles. The monoisotopic (exact) mass is 299 g/mol. The zero-order chi connectivity index (χ0) is 14.9. The van der Waals surface area contributed by atoms with Crippen LogP contribution < -0.4 is 0 Å². The molecule has 0 aromatic heterocycles. The normalized spacial score (nSPS) is 15.8. The highest BCUT2D eigenvalue weighted by molar-refractivity contribution is 7.90. The molecule has 0 spiro atoms. The van der Waals surface area contributed by atoms with Gasteiger partial charge in [0.2, 0.25) is 0 Å². The molecule has 0 atom stereocenters. The molecule has 0 unspecified atom stereocenters. The van der Waals surface area contributed by atoms with Crippen molar-refractivity contribution in [2.24, 2.45) is 9.50 Å². The first kappa shape index (κ1) is 13.5. The smallest absolute Gasteiger partial charge is 0.250 e. The van der Waals surface area contributed by atoms with Crippen LogP contribution in [0.25, 0.3) is 0 Å². The van der Waals surface area contributed by atoms with Crippen molar-refractivity contribution in [1.82, 2.24) is 5.01 Å². The average molecular weight is 299 g/mol. The number of amidine groups is 1. The Balaban J connectivity index is 1.93. The summed E-state index contributed by atoms with van der Waals surface area (Å²) in [6.45, 7) is 0. The van der Waals surface area contributed by atoms with E-state index >= 15 is 0 Å². The van der Waals surface area contributed by atoms with E-state index in [4.69, 9.17) is 0 Å². The molecule has 0 N–H and O–H groups in total. The Kier molecular flexibility index (Phi) is 3.31. The van der Waals surface area contributed by atoms with Gasteiger partial charge in [0, 0.05) is 12.6 Å². The fraction of sp³-hybridized carbons (Fsp3) is 0.0667. The summed E-state index contributed by atoms with van der Waals surface area (Å²) in [5.74, 6) is 0.331. The highest BCUT2D eigenvalue weighted by Gasteiger charge is 2.30. The lowest BCUT2D eigenvalue weighted by Crippen LogP contribution is -2.21. The van der Waals surface area contributed by atoms with Gasteiger partial charge in [-0.05, 0) is 17.7 Å². The highest BCUT2D eigenvalue weighted by atomic mass is 32.2. The minimum absolute atomic E-state index is 0.224. The minimum atomic E-state index is -3.61. The topological polar surface area (TPSA) is 62.1 Å². The molecule has 0 bridgehead atoms. The molecule has 0 radical (unpaired) electrons. The van der Waals surface area contributed by atoms with Gasteiger partial charge in [-0.15, -0.1) is 4.40 Å². The van der Waals surface area contributed by atoms with Gasteiger partial charge in [0.05, 0.1) is 6.21 Å². The van der Waals surface area contributed by atoms with Crippen molar-refractivity contribution in [2.45, 2.75) is 4.90 Å². The number of benzene rings is 2. The molecule has 2 aromatic rings. The Bertz CT molecular complexity index is 827. The molecule has 21 heavy (non-hydrogen) atoms. The summed E-state index contributed by atoms with van der Waals surface area (Å²) in [5.41, 5.74) is 1.50. The van der Waals surface area contributed by atoms with Gasteiger partial charge in [-0.3, -0.25) is 0 Å². The lowest BCUT2D eigenvalue weighted by Gasteiger charge is -2.12. The van der Waals surface area contributed by atoms with Crippen LogP contribution in [0.2, 0.25) is 0 Å². The fourth-order valence-electron chi connectivity index (χ4n) is 2.07. The Hall–Kier alpha value is -2.47. The third kappa shape index (κ3) is 2.57. The molecule has 5 nitrogen and oxygen atoms in total. The first-order valence-corrected chi connectivity index (χ1v) is 7.79. The summed E-state index contributed by atoms with van der Waals surface area (Å²) in [4.78, 5) is 0.224. The minimum Gasteiger partial charge on any atom is -0.250 e. The molecular weight excluding hydrogens is 286 g/mol. The molecule has 0 saturated carbocycles. The molecule has 0 amide bonds. The van der Waals surface area contributed by atoms with E-state index in [1.807, 2.05) is 30.3 Å². The SMILES string of the molecule is CN(/N=C\c1ccccc1)C1=NS(=O)(=O)c2ccccc21. The van der Waals surface area contributed by atoms with Crippen LogP contribution in [0.1, 0.15) is 11.1 Å². The third-order valence-electron chi connectivity index (χ3n) is 3.10. The summed E-state index contributed by atoms with van der Waals surface area (Å²) >= 11 is 0. The van der Waals surface area contributed by atoms with E-state index in [0.717, 1.165) is 5.56 Å². The molecule has 0 fully saturated rings. The van der Waals surface area contributed by atoms with Crippen molar-refractivity contribution in [3.05, 3.63) is 65.7 Å². The molecule has 6 heteroatoms. The molecule has 1 aliphatic heterocycles. The highest BCUT2D eigenvalue weighted by Crippen LogP contribution is 2.26. The average Bonchev–Trinajstić information content (AvgIpc) is 2.78. The van der Waals surface area contributed by atoms with E-state index in [2.05, 4.69) is 9.50 Å². The summed E-state index contributed by atoms with van der Waals surface area (Å²) in [5, 5.41) is 5.72. The van der Waals surface area contributed by atoms with Crippen LogP contribution in [-0.2, 0) is 10.0 Å². The van der Waals surface area contributed by atoms with E-state index in [-0.39, 0.29) is 4.90 Å². The van der Waals surface area contributed by atoms with Crippen LogP contribution >= 0.6 is 0 Å². The van der Waals surface area contributed by atoms with Crippen LogP contribution in [0, 0.1) is 0 Å². The first-order valence-electron chi connectivity index (χ1n) is 6.35. The predicted octanol–water partition coefficient (Wildman–Crippen LogP) is 2.10. The number of fused-ring (bicyclic) bond motifs is 1. The summed E-state index contributed by atoms with van der Waals surface area (Å²) in [7, 11) is -1.93. The van der Waals surface area contributed by atoms with Gasteiger partial charge in [-0.25, -0.2) is 5.01 Å². The molecule has 1 aliphatic rings. The number of sulfonamides is 1. The second kappa shape index (κ2) is 5.14. The van der Waals surface area contributed by atoms with E-state index in [0.29, 0.717) is 11.4 Å². The van der Waals surface area contributed by atoms with Crippen molar-refractivity contribution in [1.29, 1.82) is 0 Å². The van der Waals surface area contributed by atoms with Gasteiger partial charge >= 0.3 is 0 Å². The molecule has 0 aliphatic carbocycles. The van der Waals surface area contributed by atoms with Crippen molar-refractivity contribution < 1.29 is 8.42 Å². The predicted molar refractivity (Wildman–Crippen MR) is 82.0 cm³/mol. The fourth-order valence-corrected chi connectivity index (χ4v) is 3.30. The van der Waals surface area contributed by atoms with Gasteiger partial charge < -0.3 is 0 Å². The summed E-state index contributed by atoms with van der Waals surface area (Å²) in [6, 6.07) is 16.3. The van der Waals surface area contributed by atoms with E-state index < -0.39 is 10.0 Å². The van der Waals surface area contributed by atoms with E-state index in [9.17, 15) is 8.42 Å². The van der Waals surface area contributed by atoms with Gasteiger partial charge in [-0.1, -0.05) is 42.5 Å². The summed E-state index contributed by atoms with van der Waals surface area (Å²) < 4.78 is 27.8. The molecule has 3 rings (SSSR count). The van der Waals surface area contributed by atoms with Gasteiger partial charge in [0.25, 0.3) is 10.0 Å². The number of hydrazone groups is 1. The standard InChI is InChI=1S/C15H13N3O2S/c1-18(16-11-12-7-3-2-4-8-12)15-13-9-5-6-10-14(13)21(19,20)17-15/h2-11H,1H3/b16-11-. The van der Waals surface area contributed by atoms with Crippen LogP contribution in [0.3, 0.4) is 0 Å². The second-order valence-corrected chi connectivity index (χ2v) is 6.14. The van der Waals surface area contributed by atoms with Crippen molar-refractivity contribution in [3.8, 4) is 0 Å². The Morgan fingerprint density at radius 1 is 1.05 bits per heavy atom. The zero-order valence-electron chi connectivity index (χ0n) is 11.3.